The third-order valence-electron chi connectivity index (χ3n) is 3.52. The first-order valence-electron chi connectivity index (χ1n) is 7.87. The Hall–Kier alpha value is -2.08. The van der Waals surface area contributed by atoms with Crippen molar-refractivity contribution in [3.8, 4) is 5.75 Å². The van der Waals surface area contributed by atoms with Gasteiger partial charge in [-0.25, -0.2) is 4.98 Å². The van der Waals surface area contributed by atoms with Crippen molar-refractivity contribution in [3.05, 3.63) is 74.2 Å². The number of hydrogen-bond acceptors (Lipinski definition) is 4. The molecule has 0 aliphatic carbocycles. The van der Waals surface area contributed by atoms with Crippen LogP contribution < -0.4 is 10.1 Å². The van der Waals surface area contributed by atoms with Gasteiger partial charge in [0.05, 0.1) is 17.1 Å². The Labute approximate surface area is 165 Å². The highest BCUT2D eigenvalue weighted by molar-refractivity contribution is 7.09. The molecule has 1 heterocycles. The Morgan fingerprint density at radius 1 is 1.19 bits per heavy atom. The second kappa shape index (κ2) is 8.54. The normalized spacial score (nSPS) is 10.6. The van der Waals surface area contributed by atoms with Crippen LogP contribution in [0, 0.1) is 6.92 Å². The van der Waals surface area contributed by atoms with E-state index in [9.17, 15) is 4.79 Å². The number of aryl methyl sites for hydroxylation is 1. The van der Waals surface area contributed by atoms with Gasteiger partial charge in [-0.2, -0.15) is 0 Å². The molecular weight excluding hydrogens is 391 g/mol. The molecule has 1 N–H and O–H groups in total. The van der Waals surface area contributed by atoms with Crippen molar-refractivity contribution in [2.45, 2.75) is 20.0 Å². The van der Waals surface area contributed by atoms with Crippen molar-refractivity contribution in [3.63, 3.8) is 0 Å². The van der Waals surface area contributed by atoms with Gasteiger partial charge in [0.15, 0.2) is 0 Å². The van der Waals surface area contributed by atoms with E-state index in [0.717, 1.165) is 22.0 Å². The molecule has 0 radical (unpaired) electrons. The summed E-state index contributed by atoms with van der Waals surface area (Å²) in [6.07, 6.45) is 0.222. The maximum absolute atomic E-state index is 12.1. The van der Waals surface area contributed by atoms with E-state index in [1.165, 1.54) is 11.3 Å². The fourth-order valence-corrected chi connectivity index (χ4v) is 3.46. The molecule has 0 saturated carbocycles. The zero-order valence-electron chi connectivity index (χ0n) is 14.0. The lowest BCUT2D eigenvalue weighted by atomic mass is 10.2. The van der Waals surface area contributed by atoms with E-state index in [1.807, 2.05) is 36.6 Å². The van der Waals surface area contributed by atoms with Crippen LogP contribution in [-0.4, -0.2) is 10.9 Å². The quantitative estimate of drug-likeness (QED) is 0.586. The number of carbonyl (C=O) groups excluding carboxylic acids is 1. The van der Waals surface area contributed by atoms with E-state index >= 15 is 0 Å². The van der Waals surface area contributed by atoms with E-state index in [1.54, 1.807) is 18.2 Å². The van der Waals surface area contributed by atoms with Crippen LogP contribution >= 0.6 is 34.5 Å². The van der Waals surface area contributed by atoms with Gasteiger partial charge in [-0.15, -0.1) is 11.3 Å². The Morgan fingerprint density at radius 2 is 1.96 bits per heavy atom. The SMILES string of the molecule is Cc1ccc(NC(=O)Cc2nc(COc3ccc(Cl)cc3Cl)cs2)cc1. The molecule has 0 fully saturated rings. The van der Waals surface area contributed by atoms with Gasteiger partial charge in [-0.05, 0) is 37.3 Å². The number of rotatable bonds is 6. The summed E-state index contributed by atoms with van der Waals surface area (Å²) in [6, 6.07) is 12.7. The summed E-state index contributed by atoms with van der Waals surface area (Å²) in [4.78, 5) is 16.6. The molecule has 2 aromatic carbocycles. The summed E-state index contributed by atoms with van der Waals surface area (Å²) < 4.78 is 5.66. The smallest absolute Gasteiger partial charge is 0.231 e. The number of hydrogen-bond donors (Lipinski definition) is 1. The highest BCUT2D eigenvalue weighted by atomic mass is 35.5. The minimum absolute atomic E-state index is 0.101. The van der Waals surface area contributed by atoms with Crippen molar-refractivity contribution in [1.29, 1.82) is 0 Å². The zero-order chi connectivity index (χ0) is 18.5. The topological polar surface area (TPSA) is 51.2 Å². The van der Waals surface area contributed by atoms with E-state index in [4.69, 9.17) is 27.9 Å². The van der Waals surface area contributed by atoms with Gasteiger partial charge in [0, 0.05) is 16.1 Å². The predicted octanol–water partition coefficient (Wildman–Crippen LogP) is 5.52. The van der Waals surface area contributed by atoms with Gasteiger partial charge in [-0.1, -0.05) is 40.9 Å². The maximum atomic E-state index is 12.1. The number of benzene rings is 2. The minimum atomic E-state index is -0.101. The fourth-order valence-electron chi connectivity index (χ4n) is 2.22. The molecule has 1 aromatic heterocycles. The van der Waals surface area contributed by atoms with Crippen LogP contribution in [0.2, 0.25) is 10.0 Å². The second-order valence-electron chi connectivity index (χ2n) is 5.69. The van der Waals surface area contributed by atoms with Crippen LogP contribution in [0.4, 0.5) is 5.69 Å². The molecule has 3 rings (SSSR count). The number of ether oxygens (including phenoxy) is 1. The lowest BCUT2D eigenvalue weighted by Gasteiger charge is -2.06. The first-order valence-corrected chi connectivity index (χ1v) is 9.51. The molecule has 0 bridgehead atoms. The number of nitrogens with one attached hydrogen (secondary N) is 1. The highest BCUT2D eigenvalue weighted by Gasteiger charge is 2.10. The summed E-state index contributed by atoms with van der Waals surface area (Å²) in [5, 5.41) is 6.47. The first-order chi connectivity index (χ1) is 12.5. The lowest BCUT2D eigenvalue weighted by molar-refractivity contribution is -0.115. The van der Waals surface area contributed by atoms with Crippen molar-refractivity contribution in [2.24, 2.45) is 0 Å². The summed E-state index contributed by atoms with van der Waals surface area (Å²) in [6.45, 7) is 2.28. The molecular formula is C19H16Cl2N2O2S. The number of halogens is 2. The van der Waals surface area contributed by atoms with Crippen LogP contribution in [0.1, 0.15) is 16.3 Å². The Bertz CT molecular complexity index is 910. The Kier molecular flexibility index (Phi) is 6.14. The van der Waals surface area contributed by atoms with Gasteiger partial charge in [0.2, 0.25) is 5.91 Å². The fraction of sp³-hybridized carbons (Fsp3) is 0.158. The van der Waals surface area contributed by atoms with Crippen molar-refractivity contribution < 1.29 is 9.53 Å². The monoisotopic (exact) mass is 406 g/mol. The third-order valence-corrected chi connectivity index (χ3v) is 4.94. The number of amides is 1. The van der Waals surface area contributed by atoms with Crippen LogP contribution in [0.3, 0.4) is 0 Å². The molecule has 4 nitrogen and oxygen atoms in total. The summed E-state index contributed by atoms with van der Waals surface area (Å²) in [7, 11) is 0. The first kappa shape index (κ1) is 18.7. The molecule has 1 amide bonds. The Morgan fingerprint density at radius 3 is 2.69 bits per heavy atom. The van der Waals surface area contributed by atoms with Crippen LogP contribution in [0.15, 0.2) is 47.8 Å². The number of nitrogens with zero attached hydrogens (tertiary/aromatic N) is 1. The van der Waals surface area contributed by atoms with Crippen LogP contribution in [0.5, 0.6) is 5.75 Å². The van der Waals surface area contributed by atoms with Gasteiger partial charge in [0.1, 0.15) is 17.4 Å². The average Bonchev–Trinajstić information content (AvgIpc) is 3.03. The molecule has 7 heteroatoms. The van der Waals surface area contributed by atoms with Crippen LogP contribution in [-0.2, 0) is 17.8 Å². The standard InChI is InChI=1S/C19H16Cl2N2O2S/c1-12-2-5-14(6-3-12)22-18(24)9-19-23-15(11-26-19)10-25-17-7-4-13(20)8-16(17)21/h2-8,11H,9-10H2,1H3,(H,22,24). The molecule has 3 aromatic rings. The summed E-state index contributed by atoms with van der Waals surface area (Å²) in [5.74, 6) is 0.444. The highest BCUT2D eigenvalue weighted by Crippen LogP contribution is 2.28. The average molecular weight is 407 g/mol. The number of thiazole rings is 1. The van der Waals surface area contributed by atoms with Gasteiger partial charge in [-0.3, -0.25) is 4.79 Å². The molecule has 0 unspecified atom stereocenters. The van der Waals surface area contributed by atoms with Crippen molar-refractivity contribution in [2.75, 3.05) is 5.32 Å². The lowest BCUT2D eigenvalue weighted by Crippen LogP contribution is -2.14. The van der Waals surface area contributed by atoms with E-state index < -0.39 is 0 Å². The zero-order valence-corrected chi connectivity index (χ0v) is 16.3. The maximum Gasteiger partial charge on any atom is 0.231 e. The van der Waals surface area contributed by atoms with Crippen molar-refractivity contribution >= 4 is 46.1 Å². The number of anilines is 1. The molecule has 26 heavy (non-hydrogen) atoms. The Balaban J connectivity index is 1.54. The van der Waals surface area contributed by atoms with E-state index in [0.29, 0.717) is 15.8 Å². The summed E-state index contributed by atoms with van der Waals surface area (Å²) >= 11 is 13.4. The molecule has 134 valence electrons. The molecule has 0 aliphatic heterocycles. The largest absolute Gasteiger partial charge is 0.486 e. The van der Waals surface area contributed by atoms with Crippen molar-refractivity contribution in [1.82, 2.24) is 4.98 Å². The summed E-state index contributed by atoms with van der Waals surface area (Å²) in [5.41, 5.74) is 2.67. The molecule has 0 atom stereocenters. The molecule has 0 aliphatic rings. The molecule has 0 spiro atoms. The number of carbonyl (C=O) groups is 1. The van der Waals surface area contributed by atoms with Gasteiger partial charge in [0.25, 0.3) is 0 Å². The minimum Gasteiger partial charge on any atom is -0.486 e. The second-order valence-corrected chi connectivity index (χ2v) is 7.47. The third kappa shape index (κ3) is 5.21. The van der Waals surface area contributed by atoms with Gasteiger partial charge < -0.3 is 10.1 Å². The van der Waals surface area contributed by atoms with Gasteiger partial charge >= 0.3 is 0 Å². The van der Waals surface area contributed by atoms with Crippen LogP contribution in [0.25, 0.3) is 0 Å². The molecule has 0 saturated heterocycles. The predicted molar refractivity (Wildman–Crippen MR) is 106 cm³/mol. The van der Waals surface area contributed by atoms with E-state index in [2.05, 4.69) is 10.3 Å². The van der Waals surface area contributed by atoms with E-state index in [-0.39, 0.29) is 18.9 Å². The number of aromatic nitrogens is 1.